The largest absolute Gasteiger partial charge is 0.379 e. The molecule has 0 aromatic heterocycles. The zero-order valence-corrected chi connectivity index (χ0v) is 12.4. The van der Waals surface area contributed by atoms with Gasteiger partial charge in [0.2, 0.25) is 5.91 Å². The van der Waals surface area contributed by atoms with Gasteiger partial charge in [0.15, 0.2) is 0 Å². The summed E-state index contributed by atoms with van der Waals surface area (Å²) < 4.78 is 5.32. The Morgan fingerprint density at radius 3 is 2.80 bits per heavy atom. The summed E-state index contributed by atoms with van der Waals surface area (Å²) in [6.07, 6.45) is 2.15. The minimum Gasteiger partial charge on any atom is -0.379 e. The molecule has 0 unspecified atom stereocenters. The summed E-state index contributed by atoms with van der Waals surface area (Å²) >= 11 is 0. The lowest BCUT2D eigenvalue weighted by molar-refractivity contribution is -0.122. The summed E-state index contributed by atoms with van der Waals surface area (Å²) in [7, 11) is 0. The van der Waals surface area contributed by atoms with Crippen LogP contribution in [0.1, 0.15) is 12.8 Å². The van der Waals surface area contributed by atoms with Crippen LogP contribution in [0.5, 0.6) is 0 Å². The van der Waals surface area contributed by atoms with E-state index in [1.54, 1.807) is 0 Å². The highest BCUT2D eigenvalue weighted by Crippen LogP contribution is 1.98. The molecular formula is C14H28N4O2. The van der Waals surface area contributed by atoms with E-state index in [0.717, 1.165) is 78.4 Å². The van der Waals surface area contributed by atoms with Gasteiger partial charge in [0.25, 0.3) is 0 Å². The molecule has 2 aliphatic rings. The van der Waals surface area contributed by atoms with E-state index in [1.165, 1.54) is 0 Å². The molecule has 0 aromatic carbocycles. The van der Waals surface area contributed by atoms with Gasteiger partial charge in [-0.2, -0.15) is 0 Å². The number of morpholine rings is 1. The molecule has 2 heterocycles. The molecule has 2 N–H and O–H groups in total. The first-order chi connectivity index (χ1) is 9.84. The van der Waals surface area contributed by atoms with Crippen molar-refractivity contribution in [2.45, 2.75) is 12.8 Å². The van der Waals surface area contributed by atoms with Gasteiger partial charge in [-0.3, -0.25) is 14.6 Å². The standard InChI is InChI=1S/C14H28N4O2/c19-14(13-18-7-1-3-15-5-8-18)16-4-2-6-17-9-11-20-12-10-17/h15H,1-13H2,(H,16,19). The molecule has 0 atom stereocenters. The number of ether oxygens (including phenoxy) is 1. The fourth-order valence-electron chi connectivity index (χ4n) is 2.67. The number of nitrogens with one attached hydrogen (secondary N) is 2. The summed E-state index contributed by atoms with van der Waals surface area (Å²) in [5.41, 5.74) is 0. The van der Waals surface area contributed by atoms with Crippen LogP contribution in [-0.4, -0.2) is 87.8 Å². The Hall–Kier alpha value is -0.690. The van der Waals surface area contributed by atoms with Crippen molar-refractivity contribution in [3.05, 3.63) is 0 Å². The number of amides is 1. The third kappa shape index (κ3) is 6.17. The first-order valence-corrected chi connectivity index (χ1v) is 7.84. The van der Waals surface area contributed by atoms with Gasteiger partial charge < -0.3 is 15.4 Å². The molecule has 6 nitrogen and oxygen atoms in total. The lowest BCUT2D eigenvalue weighted by atomic mass is 10.3. The molecule has 0 aromatic rings. The van der Waals surface area contributed by atoms with Crippen molar-refractivity contribution in [2.24, 2.45) is 0 Å². The Labute approximate surface area is 121 Å². The predicted octanol–water partition coefficient (Wildman–Crippen LogP) is -0.880. The van der Waals surface area contributed by atoms with Crippen molar-refractivity contribution in [2.75, 3.05) is 72.1 Å². The van der Waals surface area contributed by atoms with Crippen molar-refractivity contribution in [1.29, 1.82) is 0 Å². The third-order valence-corrected chi connectivity index (χ3v) is 3.88. The molecule has 0 bridgehead atoms. The molecule has 0 radical (unpaired) electrons. The van der Waals surface area contributed by atoms with Crippen LogP contribution in [0.3, 0.4) is 0 Å². The van der Waals surface area contributed by atoms with Gasteiger partial charge in [-0.25, -0.2) is 0 Å². The maximum absolute atomic E-state index is 11.9. The highest BCUT2D eigenvalue weighted by atomic mass is 16.5. The average molecular weight is 284 g/mol. The molecule has 0 aliphatic carbocycles. The zero-order valence-electron chi connectivity index (χ0n) is 12.4. The first kappa shape index (κ1) is 15.7. The predicted molar refractivity (Wildman–Crippen MR) is 78.8 cm³/mol. The minimum atomic E-state index is 0.161. The van der Waals surface area contributed by atoms with E-state index in [-0.39, 0.29) is 5.91 Å². The van der Waals surface area contributed by atoms with Gasteiger partial charge in [-0.15, -0.1) is 0 Å². The van der Waals surface area contributed by atoms with Crippen LogP contribution < -0.4 is 10.6 Å². The fourth-order valence-corrected chi connectivity index (χ4v) is 2.67. The molecular weight excluding hydrogens is 256 g/mol. The molecule has 6 heteroatoms. The van der Waals surface area contributed by atoms with E-state index in [2.05, 4.69) is 20.4 Å². The minimum absolute atomic E-state index is 0.161. The second-order valence-electron chi connectivity index (χ2n) is 5.54. The van der Waals surface area contributed by atoms with Crippen LogP contribution in [0.4, 0.5) is 0 Å². The Morgan fingerprint density at radius 1 is 1.10 bits per heavy atom. The summed E-state index contributed by atoms with van der Waals surface area (Å²) in [4.78, 5) is 16.5. The van der Waals surface area contributed by atoms with Crippen LogP contribution in [0.25, 0.3) is 0 Å². The molecule has 2 aliphatic heterocycles. The van der Waals surface area contributed by atoms with Gasteiger partial charge in [0.1, 0.15) is 0 Å². The van der Waals surface area contributed by atoms with Crippen molar-refractivity contribution < 1.29 is 9.53 Å². The topological polar surface area (TPSA) is 56.8 Å². The van der Waals surface area contributed by atoms with E-state index in [1.807, 2.05) is 0 Å². The normalized spacial score (nSPS) is 22.4. The quantitative estimate of drug-likeness (QED) is 0.621. The van der Waals surface area contributed by atoms with Gasteiger partial charge >= 0.3 is 0 Å². The van der Waals surface area contributed by atoms with Crippen LogP contribution in [0, 0.1) is 0 Å². The lowest BCUT2D eigenvalue weighted by Gasteiger charge is -2.26. The van der Waals surface area contributed by atoms with Gasteiger partial charge in [-0.05, 0) is 32.5 Å². The summed E-state index contributed by atoms with van der Waals surface area (Å²) in [6, 6.07) is 0. The number of carbonyl (C=O) groups excluding carboxylic acids is 1. The van der Waals surface area contributed by atoms with Crippen molar-refractivity contribution in [3.8, 4) is 0 Å². The molecule has 0 saturated carbocycles. The smallest absolute Gasteiger partial charge is 0.234 e. The fraction of sp³-hybridized carbons (Fsp3) is 0.929. The molecule has 2 fully saturated rings. The Bertz CT molecular complexity index is 274. The van der Waals surface area contributed by atoms with E-state index < -0.39 is 0 Å². The van der Waals surface area contributed by atoms with E-state index in [9.17, 15) is 4.79 Å². The summed E-state index contributed by atoms with van der Waals surface area (Å²) in [5, 5.41) is 6.38. The highest BCUT2D eigenvalue weighted by molar-refractivity contribution is 5.77. The Kier molecular flexibility index (Phi) is 7.28. The molecule has 1 amide bonds. The molecule has 2 saturated heterocycles. The van der Waals surface area contributed by atoms with E-state index in [4.69, 9.17) is 4.74 Å². The lowest BCUT2D eigenvalue weighted by Crippen LogP contribution is -2.41. The SMILES string of the molecule is O=C(CN1CCCNCC1)NCCCN1CCOCC1. The van der Waals surface area contributed by atoms with Gasteiger partial charge in [-0.1, -0.05) is 0 Å². The third-order valence-electron chi connectivity index (χ3n) is 3.88. The van der Waals surface area contributed by atoms with Crippen LogP contribution in [0.15, 0.2) is 0 Å². The monoisotopic (exact) mass is 284 g/mol. The first-order valence-electron chi connectivity index (χ1n) is 7.84. The second kappa shape index (κ2) is 9.28. The average Bonchev–Trinajstić information content (AvgIpc) is 2.73. The zero-order chi connectivity index (χ0) is 14.0. The summed E-state index contributed by atoms with van der Waals surface area (Å²) in [6.45, 7) is 10.2. The maximum Gasteiger partial charge on any atom is 0.234 e. The number of carbonyl (C=O) groups is 1. The van der Waals surface area contributed by atoms with Crippen LogP contribution in [-0.2, 0) is 9.53 Å². The number of rotatable bonds is 6. The van der Waals surface area contributed by atoms with Gasteiger partial charge in [0.05, 0.1) is 19.8 Å². The number of hydrogen-bond donors (Lipinski definition) is 2. The molecule has 116 valence electrons. The molecule has 0 spiro atoms. The number of hydrogen-bond acceptors (Lipinski definition) is 5. The highest BCUT2D eigenvalue weighted by Gasteiger charge is 2.13. The van der Waals surface area contributed by atoms with E-state index >= 15 is 0 Å². The van der Waals surface area contributed by atoms with Crippen LogP contribution >= 0.6 is 0 Å². The Balaban J connectivity index is 1.50. The van der Waals surface area contributed by atoms with Gasteiger partial charge in [0, 0.05) is 32.7 Å². The molecule has 2 rings (SSSR count). The van der Waals surface area contributed by atoms with Crippen LogP contribution in [0.2, 0.25) is 0 Å². The van der Waals surface area contributed by atoms with Crippen molar-refractivity contribution in [1.82, 2.24) is 20.4 Å². The van der Waals surface area contributed by atoms with Crippen molar-refractivity contribution in [3.63, 3.8) is 0 Å². The second-order valence-corrected chi connectivity index (χ2v) is 5.54. The van der Waals surface area contributed by atoms with E-state index in [0.29, 0.717) is 6.54 Å². The molecule has 20 heavy (non-hydrogen) atoms. The number of nitrogens with zero attached hydrogens (tertiary/aromatic N) is 2. The Morgan fingerprint density at radius 2 is 1.95 bits per heavy atom. The van der Waals surface area contributed by atoms with Crippen molar-refractivity contribution >= 4 is 5.91 Å². The summed E-state index contributed by atoms with van der Waals surface area (Å²) in [5.74, 6) is 0.161. The maximum atomic E-state index is 11.9.